The maximum atomic E-state index is 6.16. The third-order valence-electron chi connectivity index (χ3n) is 5.10. The first-order valence-electron chi connectivity index (χ1n) is 7.94. The summed E-state index contributed by atoms with van der Waals surface area (Å²) in [5.74, 6) is 0.865. The Bertz CT molecular complexity index is 424. The Morgan fingerprint density at radius 3 is 2.20 bits per heavy atom. The van der Waals surface area contributed by atoms with Crippen molar-refractivity contribution in [1.29, 1.82) is 0 Å². The first kappa shape index (κ1) is 15.5. The molecule has 0 saturated heterocycles. The van der Waals surface area contributed by atoms with Gasteiger partial charge in [-0.1, -0.05) is 36.2 Å². The van der Waals surface area contributed by atoms with Crippen LogP contribution < -0.4 is 5.73 Å². The highest BCUT2D eigenvalue weighted by Gasteiger charge is 2.36. The molecule has 0 unspecified atom stereocenters. The van der Waals surface area contributed by atoms with E-state index in [1.54, 1.807) is 0 Å². The van der Waals surface area contributed by atoms with E-state index >= 15 is 0 Å². The van der Waals surface area contributed by atoms with E-state index in [1.807, 2.05) is 0 Å². The predicted molar refractivity (Wildman–Crippen MR) is 86.8 cm³/mol. The number of hydrogen-bond acceptors (Lipinski definition) is 2. The van der Waals surface area contributed by atoms with E-state index in [4.69, 9.17) is 5.73 Å². The molecule has 2 rings (SSSR count). The van der Waals surface area contributed by atoms with Gasteiger partial charge in [-0.2, -0.15) is 0 Å². The van der Waals surface area contributed by atoms with Gasteiger partial charge in [0.2, 0.25) is 0 Å². The summed E-state index contributed by atoms with van der Waals surface area (Å²) in [4.78, 5) is 2.51. The normalized spacial score (nSPS) is 27.0. The minimum Gasteiger partial charge on any atom is -0.329 e. The summed E-state index contributed by atoms with van der Waals surface area (Å²) in [6.45, 7) is 8.51. The third-order valence-corrected chi connectivity index (χ3v) is 5.10. The van der Waals surface area contributed by atoms with Crippen LogP contribution in [0.2, 0.25) is 0 Å². The first-order valence-corrected chi connectivity index (χ1v) is 7.94. The molecule has 0 radical (unpaired) electrons. The summed E-state index contributed by atoms with van der Waals surface area (Å²) in [7, 11) is 2.25. The molecule has 0 bridgehead atoms. The zero-order valence-corrected chi connectivity index (χ0v) is 13.6. The number of hydrogen-bond donors (Lipinski definition) is 1. The molecule has 2 N–H and O–H groups in total. The topological polar surface area (TPSA) is 29.3 Å². The molecule has 0 aliphatic heterocycles. The molecule has 1 fully saturated rings. The zero-order valence-electron chi connectivity index (χ0n) is 13.6. The second-order valence-electron chi connectivity index (χ2n) is 6.96. The largest absolute Gasteiger partial charge is 0.329 e. The summed E-state index contributed by atoms with van der Waals surface area (Å²) in [5, 5.41) is 0. The molecule has 0 amide bonds. The highest BCUT2D eigenvalue weighted by Crippen LogP contribution is 2.35. The maximum absolute atomic E-state index is 6.16. The van der Waals surface area contributed by atoms with E-state index in [0.717, 1.165) is 19.0 Å². The van der Waals surface area contributed by atoms with Crippen LogP contribution in [0.15, 0.2) is 18.2 Å². The van der Waals surface area contributed by atoms with Gasteiger partial charge in [0.1, 0.15) is 0 Å². The molecule has 0 atom stereocenters. The lowest BCUT2D eigenvalue weighted by Gasteiger charge is -2.45. The fourth-order valence-corrected chi connectivity index (χ4v) is 3.64. The second-order valence-corrected chi connectivity index (χ2v) is 6.96. The number of nitrogens with two attached hydrogens (primary N) is 1. The Labute approximate surface area is 124 Å². The van der Waals surface area contributed by atoms with Gasteiger partial charge in [-0.3, -0.25) is 4.90 Å². The summed E-state index contributed by atoms with van der Waals surface area (Å²) in [6.07, 6.45) is 5.11. The van der Waals surface area contributed by atoms with Crippen LogP contribution in [0.5, 0.6) is 0 Å². The van der Waals surface area contributed by atoms with Crippen molar-refractivity contribution in [3.05, 3.63) is 34.9 Å². The van der Waals surface area contributed by atoms with Crippen LogP contribution in [0.4, 0.5) is 0 Å². The number of benzene rings is 1. The Kier molecular flexibility index (Phi) is 4.87. The molecule has 20 heavy (non-hydrogen) atoms. The molecule has 1 aliphatic rings. The molecule has 0 aromatic heterocycles. The maximum Gasteiger partial charge on any atom is 0.0332 e. The van der Waals surface area contributed by atoms with E-state index in [2.05, 4.69) is 50.9 Å². The summed E-state index contributed by atoms with van der Waals surface area (Å²) in [6, 6.07) is 6.85. The van der Waals surface area contributed by atoms with Gasteiger partial charge in [0, 0.05) is 18.6 Å². The Morgan fingerprint density at radius 2 is 1.70 bits per heavy atom. The van der Waals surface area contributed by atoms with E-state index in [0.29, 0.717) is 0 Å². The molecular formula is C18H30N2. The van der Waals surface area contributed by atoms with Crippen molar-refractivity contribution in [3.8, 4) is 0 Å². The van der Waals surface area contributed by atoms with Gasteiger partial charge < -0.3 is 5.73 Å². The Morgan fingerprint density at radius 1 is 1.15 bits per heavy atom. The van der Waals surface area contributed by atoms with Crippen LogP contribution in [0, 0.1) is 19.8 Å². The number of rotatable bonds is 4. The number of likely N-dealkylation sites (N-methyl/N-ethyl adjacent to an activating group) is 1. The summed E-state index contributed by atoms with van der Waals surface area (Å²) >= 11 is 0. The molecule has 1 aromatic carbocycles. The van der Waals surface area contributed by atoms with Crippen molar-refractivity contribution in [1.82, 2.24) is 4.90 Å². The lowest BCUT2D eigenvalue weighted by Crippen LogP contribution is -2.53. The fourth-order valence-electron chi connectivity index (χ4n) is 3.64. The van der Waals surface area contributed by atoms with Crippen molar-refractivity contribution in [2.75, 3.05) is 13.6 Å². The van der Waals surface area contributed by atoms with E-state index in [1.165, 1.54) is 42.4 Å². The molecular weight excluding hydrogens is 244 g/mol. The fraction of sp³-hybridized carbons (Fsp3) is 0.667. The zero-order chi connectivity index (χ0) is 14.8. The minimum absolute atomic E-state index is 0.212. The van der Waals surface area contributed by atoms with Gasteiger partial charge in [-0.15, -0.1) is 0 Å². The summed E-state index contributed by atoms with van der Waals surface area (Å²) in [5.41, 5.74) is 10.5. The van der Waals surface area contributed by atoms with Crippen LogP contribution >= 0.6 is 0 Å². The lowest BCUT2D eigenvalue weighted by molar-refractivity contribution is 0.0616. The SMILES string of the molecule is Cc1cc(C)cc(CN(C)C2(CN)CCC(C)CC2)c1. The first-order chi connectivity index (χ1) is 9.45. The van der Waals surface area contributed by atoms with Gasteiger partial charge in [-0.05, 0) is 58.1 Å². The van der Waals surface area contributed by atoms with Crippen molar-refractivity contribution in [2.45, 2.75) is 58.5 Å². The predicted octanol–water partition coefficient (Wildman–Crippen LogP) is 3.64. The molecule has 112 valence electrons. The van der Waals surface area contributed by atoms with Gasteiger partial charge in [0.15, 0.2) is 0 Å². The van der Waals surface area contributed by atoms with Crippen LogP contribution in [-0.2, 0) is 6.54 Å². The highest BCUT2D eigenvalue weighted by molar-refractivity contribution is 5.28. The van der Waals surface area contributed by atoms with Crippen LogP contribution in [0.1, 0.15) is 49.3 Å². The van der Waals surface area contributed by atoms with Crippen LogP contribution in [0.25, 0.3) is 0 Å². The molecule has 1 aromatic rings. The van der Waals surface area contributed by atoms with Crippen LogP contribution in [0.3, 0.4) is 0 Å². The van der Waals surface area contributed by atoms with Crippen molar-refractivity contribution in [2.24, 2.45) is 11.7 Å². The quantitative estimate of drug-likeness (QED) is 0.908. The molecule has 2 nitrogen and oxygen atoms in total. The van der Waals surface area contributed by atoms with Gasteiger partial charge in [0.05, 0.1) is 0 Å². The third kappa shape index (κ3) is 3.42. The van der Waals surface area contributed by atoms with E-state index in [9.17, 15) is 0 Å². The molecule has 2 heteroatoms. The molecule has 0 heterocycles. The average Bonchev–Trinajstić information content (AvgIpc) is 2.38. The summed E-state index contributed by atoms with van der Waals surface area (Å²) < 4.78 is 0. The van der Waals surface area contributed by atoms with E-state index < -0.39 is 0 Å². The Balaban J connectivity index is 2.11. The smallest absolute Gasteiger partial charge is 0.0332 e. The minimum atomic E-state index is 0.212. The number of nitrogens with zero attached hydrogens (tertiary/aromatic N) is 1. The second kappa shape index (κ2) is 6.28. The van der Waals surface area contributed by atoms with E-state index in [-0.39, 0.29) is 5.54 Å². The van der Waals surface area contributed by atoms with Crippen LogP contribution in [-0.4, -0.2) is 24.0 Å². The van der Waals surface area contributed by atoms with Gasteiger partial charge in [-0.25, -0.2) is 0 Å². The highest BCUT2D eigenvalue weighted by atomic mass is 15.2. The van der Waals surface area contributed by atoms with Gasteiger partial charge in [0.25, 0.3) is 0 Å². The van der Waals surface area contributed by atoms with Crippen molar-refractivity contribution in [3.63, 3.8) is 0 Å². The Hall–Kier alpha value is -0.860. The average molecular weight is 274 g/mol. The van der Waals surface area contributed by atoms with Crippen molar-refractivity contribution < 1.29 is 0 Å². The number of aryl methyl sites for hydroxylation is 2. The van der Waals surface area contributed by atoms with Gasteiger partial charge >= 0.3 is 0 Å². The molecule has 0 spiro atoms. The standard InChI is InChI=1S/C18H30N2/c1-14-5-7-18(13-19,8-6-14)20(4)12-17-10-15(2)9-16(3)11-17/h9-11,14H,5-8,12-13,19H2,1-4H3. The molecule has 1 saturated carbocycles. The molecule has 1 aliphatic carbocycles. The monoisotopic (exact) mass is 274 g/mol. The van der Waals surface area contributed by atoms with Crippen molar-refractivity contribution >= 4 is 0 Å². The lowest BCUT2D eigenvalue weighted by atomic mass is 9.76.